The zero-order valence-electron chi connectivity index (χ0n) is 12.0. The van der Waals surface area contributed by atoms with E-state index in [0.29, 0.717) is 6.54 Å². The van der Waals surface area contributed by atoms with Gasteiger partial charge in [-0.25, -0.2) is 0 Å². The van der Waals surface area contributed by atoms with Crippen molar-refractivity contribution in [2.75, 3.05) is 0 Å². The monoisotopic (exact) mass is 275 g/mol. The molecule has 1 N–H and O–H groups in total. The van der Waals surface area contributed by atoms with E-state index in [2.05, 4.69) is 10.3 Å². The second kappa shape index (κ2) is 6.61. The van der Waals surface area contributed by atoms with E-state index in [1.165, 1.54) is 4.90 Å². The van der Waals surface area contributed by atoms with E-state index in [-0.39, 0.29) is 24.3 Å². The van der Waals surface area contributed by atoms with Gasteiger partial charge in [-0.05, 0) is 30.5 Å². The van der Waals surface area contributed by atoms with Gasteiger partial charge in [0, 0.05) is 25.0 Å². The van der Waals surface area contributed by atoms with Crippen LogP contribution in [-0.2, 0) is 16.1 Å². The zero-order chi connectivity index (χ0) is 14.5. The number of imide groups is 1. The Bertz CT molecular complexity index is 471. The van der Waals surface area contributed by atoms with Crippen LogP contribution >= 0.6 is 0 Å². The molecule has 2 rings (SSSR count). The molecule has 0 bridgehead atoms. The Labute approximate surface area is 119 Å². The highest BCUT2D eigenvalue weighted by molar-refractivity contribution is 6.05. The fourth-order valence-corrected chi connectivity index (χ4v) is 2.59. The van der Waals surface area contributed by atoms with Gasteiger partial charge in [-0.1, -0.05) is 13.8 Å². The molecule has 5 heteroatoms. The number of nitrogens with zero attached hydrogens (tertiary/aromatic N) is 2. The van der Waals surface area contributed by atoms with Crippen molar-refractivity contribution >= 4 is 11.8 Å². The number of carbonyl (C=O) groups excluding carboxylic acids is 2. The molecule has 0 aliphatic carbocycles. The second-order valence-corrected chi connectivity index (χ2v) is 5.07. The number of aromatic nitrogens is 1. The molecule has 0 aromatic carbocycles. The lowest BCUT2D eigenvalue weighted by atomic mass is 10.1. The Morgan fingerprint density at radius 2 is 1.95 bits per heavy atom. The maximum absolute atomic E-state index is 12.3. The molecule has 1 fully saturated rings. The molecular formula is C15H21N3O2. The molecular weight excluding hydrogens is 254 g/mol. The quantitative estimate of drug-likeness (QED) is 0.799. The number of pyridine rings is 1. The first kappa shape index (κ1) is 14.7. The number of likely N-dealkylation sites (tertiary alicyclic amines) is 1. The molecule has 1 atom stereocenters. The third-order valence-corrected chi connectivity index (χ3v) is 3.79. The summed E-state index contributed by atoms with van der Waals surface area (Å²) < 4.78 is 0. The first-order chi connectivity index (χ1) is 9.67. The summed E-state index contributed by atoms with van der Waals surface area (Å²) in [5.41, 5.74) is 1.06. The zero-order valence-corrected chi connectivity index (χ0v) is 12.0. The number of carbonyl (C=O) groups is 2. The number of hydrogen-bond acceptors (Lipinski definition) is 4. The molecule has 2 amide bonds. The van der Waals surface area contributed by atoms with Gasteiger partial charge >= 0.3 is 0 Å². The standard InChI is InChI=1S/C15H21N3O2/c1-3-12(4-2)18-14(19)9-13(15(18)20)17-10-11-5-7-16-8-6-11/h5-8,12-13,17H,3-4,9-10H2,1-2H3. The maximum atomic E-state index is 12.3. The van der Waals surface area contributed by atoms with E-state index in [1.807, 2.05) is 26.0 Å². The predicted octanol–water partition coefficient (Wildman–Crippen LogP) is 1.49. The molecule has 1 aliphatic heterocycles. The predicted molar refractivity (Wildman–Crippen MR) is 75.7 cm³/mol. The summed E-state index contributed by atoms with van der Waals surface area (Å²) in [7, 11) is 0. The van der Waals surface area contributed by atoms with Crippen molar-refractivity contribution in [3.63, 3.8) is 0 Å². The van der Waals surface area contributed by atoms with Gasteiger partial charge in [0.15, 0.2) is 0 Å². The van der Waals surface area contributed by atoms with Crippen molar-refractivity contribution < 1.29 is 9.59 Å². The van der Waals surface area contributed by atoms with Crippen LogP contribution in [0.25, 0.3) is 0 Å². The molecule has 1 unspecified atom stereocenters. The Morgan fingerprint density at radius 1 is 1.30 bits per heavy atom. The van der Waals surface area contributed by atoms with Crippen LogP contribution in [0.1, 0.15) is 38.7 Å². The Hall–Kier alpha value is -1.75. The highest BCUT2D eigenvalue weighted by Crippen LogP contribution is 2.20. The third-order valence-electron chi connectivity index (χ3n) is 3.79. The fraction of sp³-hybridized carbons (Fsp3) is 0.533. The molecule has 1 saturated heterocycles. The first-order valence-electron chi connectivity index (χ1n) is 7.15. The van der Waals surface area contributed by atoms with Gasteiger partial charge in [0.05, 0.1) is 12.5 Å². The van der Waals surface area contributed by atoms with E-state index in [1.54, 1.807) is 12.4 Å². The van der Waals surface area contributed by atoms with Crippen molar-refractivity contribution in [1.29, 1.82) is 0 Å². The van der Waals surface area contributed by atoms with Crippen molar-refractivity contribution in [2.24, 2.45) is 0 Å². The molecule has 5 nitrogen and oxygen atoms in total. The molecule has 1 aromatic heterocycles. The average molecular weight is 275 g/mol. The summed E-state index contributed by atoms with van der Waals surface area (Å²) in [6, 6.07) is 3.43. The Balaban J connectivity index is 1.98. The largest absolute Gasteiger partial charge is 0.301 e. The first-order valence-corrected chi connectivity index (χ1v) is 7.15. The molecule has 20 heavy (non-hydrogen) atoms. The van der Waals surface area contributed by atoms with Crippen molar-refractivity contribution in [3.05, 3.63) is 30.1 Å². The van der Waals surface area contributed by atoms with E-state index in [4.69, 9.17) is 0 Å². The molecule has 108 valence electrons. The van der Waals surface area contributed by atoms with Gasteiger partial charge in [-0.15, -0.1) is 0 Å². The van der Waals surface area contributed by atoms with E-state index >= 15 is 0 Å². The number of amides is 2. The number of hydrogen-bond donors (Lipinski definition) is 1. The third kappa shape index (κ3) is 3.04. The number of rotatable bonds is 6. The van der Waals surface area contributed by atoms with Gasteiger partial charge in [-0.2, -0.15) is 0 Å². The average Bonchev–Trinajstić information content (AvgIpc) is 2.75. The lowest BCUT2D eigenvalue weighted by molar-refractivity contribution is -0.141. The Morgan fingerprint density at radius 3 is 2.55 bits per heavy atom. The SMILES string of the molecule is CCC(CC)N1C(=O)CC(NCc2ccncc2)C1=O. The summed E-state index contributed by atoms with van der Waals surface area (Å²) in [5.74, 6) is -0.145. The summed E-state index contributed by atoms with van der Waals surface area (Å²) >= 11 is 0. The minimum Gasteiger partial charge on any atom is -0.301 e. The van der Waals surface area contributed by atoms with Crippen LogP contribution in [0.4, 0.5) is 0 Å². The van der Waals surface area contributed by atoms with Crippen LogP contribution in [0.15, 0.2) is 24.5 Å². The van der Waals surface area contributed by atoms with Crippen LogP contribution in [0.3, 0.4) is 0 Å². The van der Waals surface area contributed by atoms with Crippen molar-refractivity contribution in [2.45, 2.75) is 51.7 Å². The Kier molecular flexibility index (Phi) is 4.84. The van der Waals surface area contributed by atoms with Crippen LogP contribution in [-0.4, -0.2) is 33.8 Å². The maximum Gasteiger partial charge on any atom is 0.247 e. The highest BCUT2D eigenvalue weighted by atomic mass is 16.2. The van der Waals surface area contributed by atoms with E-state index in [0.717, 1.165) is 18.4 Å². The van der Waals surface area contributed by atoms with Crippen LogP contribution in [0.5, 0.6) is 0 Å². The van der Waals surface area contributed by atoms with Crippen LogP contribution in [0, 0.1) is 0 Å². The van der Waals surface area contributed by atoms with E-state index in [9.17, 15) is 9.59 Å². The minimum absolute atomic E-state index is 0.0303. The van der Waals surface area contributed by atoms with Gasteiger partial charge < -0.3 is 5.32 Å². The van der Waals surface area contributed by atoms with E-state index < -0.39 is 6.04 Å². The number of nitrogens with one attached hydrogen (secondary N) is 1. The second-order valence-electron chi connectivity index (χ2n) is 5.07. The summed E-state index contributed by atoms with van der Waals surface area (Å²) in [5, 5.41) is 3.17. The summed E-state index contributed by atoms with van der Waals surface area (Å²) in [6.45, 7) is 4.59. The molecule has 1 aliphatic rings. The van der Waals surface area contributed by atoms with Crippen molar-refractivity contribution in [3.8, 4) is 0 Å². The molecule has 0 spiro atoms. The fourth-order valence-electron chi connectivity index (χ4n) is 2.59. The topological polar surface area (TPSA) is 62.3 Å². The normalized spacial score (nSPS) is 19.1. The highest BCUT2D eigenvalue weighted by Gasteiger charge is 2.40. The minimum atomic E-state index is -0.392. The van der Waals surface area contributed by atoms with Crippen LogP contribution in [0.2, 0.25) is 0 Å². The van der Waals surface area contributed by atoms with Crippen LogP contribution < -0.4 is 5.32 Å². The molecule has 1 aromatic rings. The van der Waals surface area contributed by atoms with Crippen molar-refractivity contribution in [1.82, 2.24) is 15.2 Å². The van der Waals surface area contributed by atoms with Gasteiger partial charge in [-0.3, -0.25) is 19.5 Å². The summed E-state index contributed by atoms with van der Waals surface area (Å²) in [4.78, 5) is 29.7. The lowest BCUT2D eigenvalue weighted by Gasteiger charge is -2.24. The molecule has 0 radical (unpaired) electrons. The lowest BCUT2D eigenvalue weighted by Crippen LogP contribution is -2.43. The summed E-state index contributed by atoms with van der Waals surface area (Å²) in [6.07, 6.45) is 5.32. The van der Waals surface area contributed by atoms with Gasteiger partial charge in [0.1, 0.15) is 0 Å². The smallest absolute Gasteiger partial charge is 0.247 e. The molecule has 0 saturated carbocycles. The molecule has 2 heterocycles. The van der Waals surface area contributed by atoms with Gasteiger partial charge in [0.2, 0.25) is 11.8 Å². The van der Waals surface area contributed by atoms with Gasteiger partial charge in [0.25, 0.3) is 0 Å².